The third kappa shape index (κ3) is 3.64. The van der Waals surface area contributed by atoms with Crippen LogP contribution in [0.5, 0.6) is 0 Å². The molecule has 1 saturated carbocycles. The summed E-state index contributed by atoms with van der Waals surface area (Å²) in [4.78, 5) is 17.7. The molecule has 1 amide bonds. The summed E-state index contributed by atoms with van der Waals surface area (Å²) in [6, 6.07) is 11.4. The number of oxazole rings is 1. The monoisotopic (exact) mass is 354 g/mol. The van der Waals surface area contributed by atoms with Crippen molar-refractivity contribution in [1.29, 1.82) is 0 Å². The van der Waals surface area contributed by atoms with Crippen molar-refractivity contribution >= 4 is 23.4 Å². The van der Waals surface area contributed by atoms with Crippen LogP contribution in [0.2, 0.25) is 0 Å². The minimum absolute atomic E-state index is 0.208. The number of furan rings is 1. The molecule has 0 bridgehead atoms. The molecule has 5 nitrogen and oxygen atoms in total. The van der Waals surface area contributed by atoms with Crippen LogP contribution in [0.1, 0.15) is 36.2 Å². The second-order valence-electron chi connectivity index (χ2n) is 6.01. The van der Waals surface area contributed by atoms with E-state index in [0.717, 1.165) is 10.9 Å². The molecule has 0 radical (unpaired) electrons. The number of aromatic nitrogens is 1. The molecule has 6 heteroatoms. The first-order chi connectivity index (χ1) is 12.3. The first-order valence-corrected chi connectivity index (χ1v) is 9.23. The number of amides is 1. The summed E-state index contributed by atoms with van der Waals surface area (Å²) in [6.45, 7) is 0. The number of thioether (sulfide) groups is 1. The highest BCUT2D eigenvalue weighted by Crippen LogP contribution is 2.35. The smallest absolute Gasteiger partial charge is 0.278 e. The Labute approximate surface area is 149 Å². The van der Waals surface area contributed by atoms with Crippen LogP contribution in [0.25, 0.3) is 11.5 Å². The maximum atomic E-state index is 12.5. The molecular weight excluding hydrogens is 336 g/mol. The van der Waals surface area contributed by atoms with Gasteiger partial charge in [-0.05, 0) is 49.2 Å². The Kier molecular flexibility index (Phi) is 4.61. The van der Waals surface area contributed by atoms with Gasteiger partial charge in [0.15, 0.2) is 17.8 Å². The highest BCUT2D eigenvalue weighted by molar-refractivity contribution is 8.00. The van der Waals surface area contributed by atoms with Crippen molar-refractivity contribution in [3.8, 4) is 11.5 Å². The maximum Gasteiger partial charge on any atom is 0.278 e. The van der Waals surface area contributed by atoms with E-state index in [0.29, 0.717) is 11.5 Å². The normalized spacial score (nSPS) is 14.7. The average molecular weight is 354 g/mol. The number of nitrogens with zero attached hydrogens (tertiary/aromatic N) is 1. The van der Waals surface area contributed by atoms with E-state index in [4.69, 9.17) is 8.83 Å². The molecule has 1 N–H and O–H groups in total. The predicted octanol–water partition coefficient (Wildman–Crippen LogP) is 5.22. The zero-order valence-corrected chi connectivity index (χ0v) is 14.4. The lowest BCUT2D eigenvalue weighted by Gasteiger charge is -2.09. The van der Waals surface area contributed by atoms with Crippen LogP contribution in [0, 0.1) is 0 Å². The van der Waals surface area contributed by atoms with Crippen molar-refractivity contribution in [1.82, 2.24) is 4.98 Å². The molecule has 4 rings (SSSR count). The van der Waals surface area contributed by atoms with Crippen molar-refractivity contribution < 1.29 is 13.6 Å². The minimum atomic E-state index is -0.323. The molecule has 0 atom stereocenters. The molecule has 128 valence electrons. The fraction of sp³-hybridized carbons (Fsp3) is 0.263. The predicted molar refractivity (Wildman–Crippen MR) is 96.7 cm³/mol. The molecule has 2 aromatic heterocycles. The summed E-state index contributed by atoms with van der Waals surface area (Å²) in [7, 11) is 0. The summed E-state index contributed by atoms with van der Waals surface area (Å²) in [5.74, 6) is 0.484. The van der Waals surface area contributed by atoms with E-state index in [1.54, 1.807) is 12.1 Å². The molecule has 1 fully saturated rings. The zero-order valence-electron chi connectivity index (χ0n) is 13.6. The molecule has 25 heavy (non-hydrogen) atoms. The highest BCUT2D eigenvalue weighted by atomic mass is 32.2. The zero-order chi connectivity index (χ0) is 17.1. The summed E-state index contributed by atoms with van der Waals surface area (Å²) in [5, 5.41) is 3.58. The van der Waals surface area contributed by atoms with E-state index in [2.05, 4.69) is 22.4 Å². The number of rotatable bonds is 5. The van der Waals surface area contributed by atoms with Gasteiger partial charge in [0.05, 0.1) is 6.26 Å². The van der Waals surface area contributed by atoms with Gasteiger partial charge >= 0.3 is 0 Å². The fourth-order valence-corrected chi connectivity index (χ4v) is 4.24. The van der Waals surface area contributed by atoms with E-state index in [-0.39, 0.29) is 11.6 Å². The lowest BCUT2D eigenvalue weighted by Crippen LogP contribution is -2.13. The topological polar surface area (TPSA) is 68.3 Å². The van der Waals surface area contributed by atoms with Gasteiger partial charge in [-0.25, -0.2) is 4.98 Å². The number of hydrogen-bond donors (Lipinski definition) is 1. The van der Waals surface area contributed by atoms with Crippen LogP contribution >= 0.6 is 11.8 Å². The van der Waals surface area contributed by atoms with Crippen LogP contribution in [0.3, 0.4) is 0 Å². The first-order valence-electron chi connectivity index (χ1n) is 8.35. The van der Waals surface area contributed by atoms with Crippen LogP contribution < -0.4 is 5.32 Å². The number of carbonyl (C=O) groups is 1. The van der Waals surface area contributed by atoms with Crippen molar-refractivity contribution in [2.45, 2.75) is 35.8 Å². The molecular formula is C19H18N2O3S. The van der Waals surface area contributed by atoms with Gasteiger partial charge in [0.2, 0.25) is 5.76 Å². The highest BCUT2D eigenvalue weighted by Gasteiger charge is 2.20. The Hall–Kier alpha value is -2.47. The molecule has 0 saturated heterocycles. The Bertz CT molecular complexity index is 834. The quantitative estimate of drug-likeness (QED) is 0.680. The van der Waals surface area contributed by atoms with Gasteiger partial charge in [0.25, 0.3) is 5.91 Å². The third-order valence-corrected chi connectivity index (χ3v) is 5.59. The van der Waals surface area contributed by atoms with E-state index >= 15 is 0 Å². The summed E-state index contributed by atoms with van der Waals surface area (Å²) >= 11 is 1.92. The largest absolute Gasteiger partial charge is 0.461 e. The van der Waals surface area contributed by atoms with Gasteiger partial charge in [0.1, 0.15) is 0 Å². The van der Waals surface area contributed by atoms with Crippen LogP contribution in [-0.2, 0) is 0 Å². The standard InChI is InChI=1S/C19H18N2O3S/c22-19(17-18(24-12-20-17)16-6-3-11-23-16)21-13-7-9-15(10-8-13)25-14-4-1-2-5-14/h3,6-12,14H,1-2,4-5H2,(H,21,22). The second kappa shape index (κ2) is 7.19. The minimum Gasteiger partial charge on any atom is -0.461 e. The molecule has 1 aliphatic carbocycles. The molecule has 1 aromatic carbocycles. The molecule has 3 aromatic rings. The Balaban J connectivity index is 1.43. The lowest BCUT2D eigenvalue weighted by atomic mass is 10.2. The number of carbonyl (C=O) groups excluding carboxylic acids is 1. The van der Waals surface area contributed by atoms with E-state index in [1.165, 1.54) is 43.2 Å². The molecule has 1 aliphatic rings. The first kappa shape index (κ1) is 16.0. The Morgan fingerprint density at radius 2 is 1.92 bits per heavy atom. The SMILES string of the molecule is O=C(Nc1ccc(SC2CCCC2)cc1)c1ncoc1-c1ccco1. The Morgan fingerprint density at radius 3 is 2.64 bits per heavy atom. The maximum absolute atomic E-state index is 12.5. The van der Waals surface area contributed by atoms with Gasteiger partial charge in [-0.1, -0.05) is 12.8 Å². The number of benzene rings is 1. The van der Waals surface area contributed by atoms with Crippen molar-refractivity contribution in [3.63, 3.8) is 0 Å². The van der Waals surface area contributed by atoms with Gasteiger partial charge in [-0.2, -0.15) is 0 Å². The van der Waals surface area contributed by atoms with Crippen molar-refractivity contribution in [2.75, 3.05) is 5.32 Å². The Morgan fingerprint density at radius 1 is 1.12 bits per heavy atom. The van der Waals surface area contributed by atoms with Gasteiger partial charge in [-0.15, -0.1) is 11.8 Å². The molecule has 0 unspecified atom stereocenters. The third-order valence-electron chi connectivity index (χ3n) is 4.24. The van der Waals surface area contributed by atoms with Crippen molar-refractivity contribution in [3.05, 3.63) is 54.7 Å². The van der Waals surface area contributed by atoms with E-state index < -0.39 is 0 Å². The number of hydrogen-bond acceptors (Lipinski definition) is 5. The van der Waals surface area contributed by atoms with Crippen LogP contribution in [0.4, 0.5) is 5.69 Å². The van der Waals surface area contributed by atoms with Gasteiger partial charge in [0, 0.05) is 15.8 Å². The summed E-state index contributed by atoms with van der Waals surface area (Å²) in [6.07, 6.45) is 8.03. The molecule has 0 spiro atoms. The van der Waals surface area contributed by atoms with Gasteiger partial charge < -0.3 is 14.2 Å². The van der Waals surface area contributed by atoms with Crippen molar-refractivity contribution in [2.24, 2.45) is 0 Å². The van der Waals surface area contributed by atoms with E-state index in [1.807, 2.05) is 23.9 Å². The van der Waals surface area contributed by atoms with Crippen LogP contribution in [0.15, 0.2) is 62.8 Å². The summed E-state index contributed by atoms with van der Waals surface area (Å²) in [5.41, 5.74) is 0.938. The van der Waals surface area contributed by atoms with E-state index in [9.17, 15) is 4.79 Å². The second-order valence-corrected chi connectivity index (χ2v) is 7.38. The molecule has 0 aliphatic heterocycles. The summed E-state index contributed by atoms with van der Waals surface area (Å²) < 4.78 is 10.6. The molecule has 2 heterocycles. The lowest BCUT2D eigenvalue weighted by molar-refractivity contribution is 0.102. The number of anilines is 1. The average Bonchev–Trinajstić information content (AvgIpc) is 3.38. The number of nitrogens with one attached hydrogen (secondary N) is 1. The van der Waals surface area contributed by atoms with Gasteiger partial charge in [-0.3, -0.25) is 4.79 Å². The van der Waals surface area contributed by atoms with Crippen LogP contribution in [-0.4, -0.2) is 16.1 Å². The fourth-order valence-electron chi connectivity index (χ4n) is 3.00.